The summed E-state index contributed by atoms with van der Waals surface area (Å²) in [7, 11) is 0. The van der Waals surface area contributed by atoms with Gasteiger partial charge in [0.1, 0.15) is 5.76 Å². The third-order valence-electron chi connectivity index (χ3n) is 4.16. The zero-order chi connectivity index (χ0) is 16.6. The molecule has 0 radical (unpaired) electrons. The Morgan fingerprint density at radius 3 is 3.04 bits per heavy atom. The number of pyridine rings is 1. The van der Waals surface area contributed by atoms with E-state index in [1.807, 2.05) is 18.2 Å². The minimum Gasteiger partial charge on any atom is -0.467 e. The number of rotatable bonds is 7. The summed E-state index contributed by atoms with van der Waals surface area (Å²) in [4.78, 5) is 16.4. The Balaban J connectivity index is 1.49. The number of allylic oxidation sites excluding steroid dienone is 1. The number of nitrogens with zero attached hydrogens (tertiary/aromatic N) is 1. The predicted molar refractivity (Wildman–Crippen MR) is 93.8 cm³/mol. The molecule has 1 amide bonds. The van der Waals surface area contributed by atoms with Crippen LogP contribution >= 0.6 is 0 Å². The van der Waals surface area contributed by atoms with E-state index in [-0.39, 0.29) is 5.91 Å². The molecule has 0 atom stereocenters. The van der Waals surface area contributed by atoms with Gasteiger partial charge in [-0.1, -0.05) is 11.6 Å². The Hall–Kier alpha value is -2.56. The molecule has 5 nitrogen and oxygen atoms in total. The third kappa shape index (κ3) is 4.72. The minimum absolute atomic E-state index is 0.0828. The summed E-state index contributed by atoms with van der Waals surface area (Å²) in [6.07, 6.45) is 13.1. The number of hydrogen-bond donors (Lipinski definition) is 2. The Morgan fingerprint density at radius 1 is 1.29 bits per heavy atom. The van der Waals surface area contributed by atoms with Crippen molar-refractivity contribution in [3.63, 3.8) is 0 Å². The predicted octanol–water partition coefficient (Wildman–Crippen LogP) is 3.91. The second-order valence-corrected chi connectivity index (χ2v) is 6.01. The summed E-state index contributed by atoms with van der Waals surface area (Å²) in [5.41, 5.74) is 2.83. The molecule has 0 unspecified atom stereocenters. The molecule has 1 aliphatic rings. The van der Waals surface area contributed by atoms with Crippen molar-refractivity contribution in [1.29, 1.82) is 0 Å². The van der Waals surface area contributed by atoms with Crippen LogP contribution in [0.25, 0.3) is 0 Å². The fraction of sp³-hybridized carbons (Fsp3) is 0.368. The maximum absolute atomic E-state index is 12.3. The smallest absolute Gasteiger partial charge is 0.252 e. The van der Waals surface area contributed by atoms with E-state index in [1.165, 1.54) is 31.3 Å². The monoisotopic (exact) mass is 325 g/mol. The van der Waals surface area contributed by atoms with Crippen molar-refractivity contribution in [3.05, 3.63) is 59.8 Å². The first-order valence-corrected chi connectivity index (χ1v) is 8.49. The molecule has 0 saturated carbocycles. The Labute approximate surface area is 142 Å². The van der Waals surface area contributed by atoms with E-state index in [0.717, 1.165) is 17.9 Å². The number of anilines is 1. The summed E-state index contributed by atoms with van der Waals surface area (Å²) in [5.74, 6) is 0.756. The molecule has 0 aliphatic heterocycles. The Morgan fingerprint density at radius 2 is 2.25 bits per heavy atom. The lowest BCUT2D eigenvalue weighted by Crippen LogP contribution is -2.25. The van der Waals surface area contributed by atoms with Gasteiger partial charge in [-0.3, -0.25) is 9.78 Å². The van der Waals surface area contributed by atoms with Crippen molar-refractivity contribution in [2.45, 2.75) is 38.6 Å². The number of amides is 1. The van der Waals surface area contributed by atoms with Crippen LogP contribution < -0.4 is 10.6 Å². The average molecular weight is 325 g/mol. The molecule has 126 valence electrons. The van der Waals surface area contributed by atoms with Gasteiger partial charge in [0, 0.05) is 18.9 Å². The topological polar surface area (TPSA) is 67.2 Å². The molecule has 0 saturated heterocycles. The molecule has 2 aromatic heterocycles. The molecule has 0 fully saturated rings. The highest BCUT2D eigenvalue weighted by Gasteiger charge is 2.08. The summed E-state index contributed by atoms with van der Waals surface area (Å²) in [5, 5.41) is 6.18. The van der Waals surface area contributed by atoms with Gasteiger partial charge in [-0.15, -0.1) is 0 Å². The number of carbonyl (C=O) groups is 1. The van der Waals surface area contributed by atoms with Gasteiger partial charge in [-0.05, 0) is 50.3 Å². The van der Waals surface area contributed by atoms with Crippen molar-refractivity contribution in [1.82, 2.24) is 10.3 Å². The lowest BCUT2D eigenvalue weighted by atomic mass is 9.97. The molecule has 0 spiro atoms. The lowest BCUT2D eigenvalue weighted by molar-refractivity contribution is 0.0953. The van der Waals surface area contributed by atoms with Crippen molar-refractivity contribution in [2.75, 3.05) is 11.9 Å². The van der Waals surface area contributed by atoms with Gasteiger partial charge in [0.2, 0.25) is 0 Å². The maximum Gasteiger partial charge on any atom is 0.252 e. The molecule has 1 aliphatic carbocycles. The number of carbonyl (C=O) groups excluding carboxylic acids is 1. The quantitative estimate of drug-likeness (QED) is 0.758. The van der Waals surface area contributed by atoms with Gasteiger partial charge >= 0.3 is 0 Å². The first-order chi connectivity index (χ1) is 11.8. The fourth-order valence-electron chi connectivity index (χ4n) is 2.83. The first-order valence-electron chi connectivity index (χ1n) is 8.49. The zero-order valence-electron chi connectivity index (χ0n) is 13.8. The van der Waals surface area contributed by atoms with Crippen LogP contribution in [0.5, 0.6) is 0 Å². The van der Waals surface area contributed by atoms with Crippen LogP contribution in [0.2, 0.25) is 0 Å². The van der Waals surface area contributed by atoms with Crippen molar-refractivity contribution < 1.29 is 9.21 Å². The Bertz CT molecular complexity index is 692. The molecular weight excluding hydrogens is 302 g/mol. The van der Waals surface area contributed by atoms with E-state index < -0.39 is 0 Å². The van der Waals surface area contributed by atoms with Crippen molar-refractivity contribution in [3.8, 4) is 0 Å². The maximum atomic E-state index is 12.3. The third-order valence-corrected chi connectivity index (χ3v) is 4.16. The largest absolute Gasteiger partial charge is 0.467 e. The SMILES string of the molecule is O=C(NCCC1=CCCCC1)c1cncc(NCc2ccco2)c1. The van der Waals surface area contributed by atoms with Gasteiger partial charge in [0.05, 0.1) is 24.1 Å². The molecule has 2 heterocycles. The first kappa shape index (κ1) is 16.3. The van der Waals surface area contributed by atoms with E-state index in [4.69, 9.17) is 4.42 Å². The molecule has 5 heteroatoms. The van der Waals surface area contributed by atoms with Gasteiger partial charge in [-0.2, -0.15) is 0 Å². The number of furan rings is 1. The van der Waals surface area contributed by atoms with Crippen LogP contribution in [-0.2, 0) is 6.54 Å². The highest BCUT2D eigenvalue weighted by atomic mass is 16.3. The molecular formula is C19H23N3O2. The van der Waals surface area contributed by atoms with E-state index in [0.29, 0.717) is 18.7 Å². The van der Waals surface area contributed by atoms with Crippen LogP contribution in [0.15, 0.2) is 52.9 Å². The van der Waals surface area contributed by atoms with Gasteiger partial charge in [-0.25, -0.2) is 0 Å². The molecule has 0 aromatic carbocycles. The van der Waals surface area contributed by atoms with Crippen molar-refractivity contribution >= 4 is 11.6 Å². The van der Waals surface area contributed by atoms with Crippen LogP contribution in [-0.4, -0.2) is 17.4 Å². The molecule has 2 aromatic rings. The highest BCUT2D eigenvalue weighted by molar-refractivity contribution is 5.94. The molecule has 0 bridgehead atoms. The van der Waals surface area contributed by atoms with Crippen LogP contribution in [0.4, 0.5) is 5.69 Å². The van der Waals surface area contributed by atoms with E-state index in [9.17, 15) is 4.79 Å². The fourth-order valence-corrected chi connectivity index (χ4v) is 2.83. The van der Waals surface area contributed by atoms with Crippen molar-refractivity contribution in [2.24, 2.45) is 0 Å². The summed E-state index contributed by atoms with van der Waals surface area (Å²) in [6, 6.07) is 5.56. The van der Waals surface area contributed by atoms with Crippen LogP contribution in [0.1, 0.15) is 48.2 Å². The summed E-state index contributed by atoms with van der Waals surface area (Å²) < 4.78 is 5.28. The number of nitrogens with one attached hydrogen (secondary N) is 2. The van der Waals surface area contributed by atoms with E-state index >= 15 is 0 Å². The van der Waals surface area contributed by atoms with Gasteiger partial charge < -0.3 is 15.1 Å². The minimum atomic E-state index is -0.0828. The lowest BCUT2D eigenvalue weighted by Gasteiger charge is -2.13. The molecule has 24 heavy (non-hydrogen) atoms. The average Bonchev–Trinajstić information content (AvgIpc) is 3.15. The molecule has 3 rings (SSSR count). The summed E-state index contributed by atoms with van der Waals surface area (Å²) >= 11 is 0. The van der Waals surface area contributed by atoms with Gasteiger partial charge in [0.15, 0.2) is 0 Å². The second kappa shape index (κ2) is 8.34. The number of aromatic nitrogens is 1. The zero-order valence-corrected chi connectivity index (χ0v) is 13.8. The number of hydrogen-bond acceptors (Lipinski definition) is 4. The van der Waals surface area contributed by atoms with E-state index in [2.05, 4.69) is 21.7 Å². The molecule has 2 N–H and O–H groups in total. The Kier molecular flexibility index (Phi) is 5.66. The standard InChI is InChI=1S/C19H23N3O2/c23-19(21-9-8-15-5-2-1-3-6-15)16-11-17(13-20-12-16)22-14-18-7-4-10-24-18/h4-5,7,10-13,22H,1-3,6,8-9,14H2,(H,21,23). The summed E-state index contributed by atoms with van der Waals surface area (Å²) in [6.45, 7) is 1.24. The van der Waals surface area contributed by atoms with Crippen LogP contribution in [0.3, 0.4) is 0 Å². The highest BCUT2D eigenvalue weighted by Crippen LogP contribution is 2.19. The van der Waals surface area contributed by atoms with Crippen LogP contribution in [0, 0.1) is 0 Å². The normalized spacial score (nSPS) is 14.1. The van der Waals surface area contributed by atoms with Gasteiger partial charge in [0.25, 0.3) is 5.91 Å². The van der Waals surface area contributed by atoms with E-state index in [1.54, 1.807) is 18.7 Å². The second-order valence-electron chi connectivity index (χ2n) is 6.01.